The summed E-state index contributed by atoms with van der Waals surface area (Å²) in [6, 6.07) is -5.34. The summed E-state index contributed by atoms with van der Waals surface area (Å²) in [7, 11) is 0. The molecule has 0 radical (unpaired) electrons. The summed E-state index contributed by atoms with van der Waals surface area (Å²) in [5.41, 5.74) is 32.4. The summed E-state index contributed by atoms with van der Waals surface area (Å²) in [5, 5.41) is 19.4. The number of hydrogen-bond donors (Lipinski definition) is 11. The quantitative estimate of drug-likeness (QED) is 0.0338. The lowest BCUT2D eigenvalue weighted by Gasteiger charge is -2.24. The maximum absolute atomic E-state index is 13.0. The number of carboxylic acids is 1. The second-order valence-corrected chi connectivity index (χ2v) is 9.71. The van der Waals surface area contributed by atoms with Crippen molar-refractivity contribution >= 4 is 41.5 Å². The number of nitrogens with zero attached hydrogens (tertiary/aromatic N) is 2. The van der Waals surface area contributed by atoms with Crippen LogP contribution in [0.15, 0.2) is 9.98 Å². The minimum Gasteiger partial charge on any atom is -0.480 e. The molecule has 0 aromatic heterocycles. The predicted molar refractivity (Wildman–Crippen MR) is 157 cm³/mol. The van der Waals surface area contributed by atoms with E-state index >= 15 is 0 Å². The number of unbranched alkanes of at least 4 members (excludes halogenated alkanes) is 1. The van der Waals surface area contributed by atoms with Gasteiger partial charge in [0.15, 0.2) is 11.9 Å². The molecule has 18 heteroatoms. The van der Waals surface area contributed by atoms with Crippen LogP contribution in [0.2, 0.25) is 0 Å². The minimum atomic E-state index is -1.26. The lowest BCUT2D eigenvalue weighted by molar-refractivity contribution is -0.142. The molecule has 240 valence electrons. The maximum Gasteiger partial charge on any atom is 0.326 e. The highest BCUT2D eigenvalue weighted by Crippen LogP contribution is 2.04. The molecule has 0 rings (SSSR count). The van der Waals surface area contributed by atoms with Crippen molar-refractivity contribution in [1.82, 2.24) is 21.3 Å². The molecule has 42 heavy (non-hydrogen) atoms. The lowest BCUT2D eigenvalue weighted by Crippen LogP contribution is -2.57. The van der Waals surface area contributed by atoms with Crippen molar-refractivity contribution in [2.75, 3.05) is 19.6 Å². The maximum atomic E-state index is 13.0. The van der Waals surface area contributed by atoms with Gasteiger partial charge < -0.3 is 60.8 Å². The van der Waals surface area contributed by atoms with Crippen LogP contribution in [0.4, 0.5) is 0 Å². The number of guanidine groups is 2. The fraction of sp³-hybridized carbons (Fsp3) is 0.708. The first kappa shape index (κ1) is 37.8. The molecular formula is C24H48N12O6. The molecule has 0 aliphatic carbocycles. The van der Waals surface area contributed by atoms with Gasteiger partial charge in [-0.2, -0.15) is 0 Å². The average molecular weight is 601 g/mol. The van der Waals surface area contributed by atoms with E-state index in [0.29, 0.717) is 38.8 Å². The average Bonchev–Trinajstić information content (AvgIpc) is 2.91. The third-order valence-corrected chi connectivity index (χ3v) is 5.95. The highest BCUT2D eigenvalue weighted by atomic mass is 16.4. The summed E-state index contributed by atoms with van der Waals surface area (Å²) in [6.45, 7) is 3.66. The first-order chi connectivity index (χ1) is 19.7. The zero-order valence-corrected chi connectivity index (χ0v) is 24.3. The van der Waals surface area contributed by atoms with Crippen molar-refractivity contribution < 1.29 is 29.1 Å². The minimum absolute atomic E-state index is 0.0554. The van der Waals surface area contributed by atoms with Gasteiger partial charge in [0.2, 0.25) is 23.6 Å². The highest BCUT2D eigenvalue weighted by molar-refractivity contribution is 5.95. The van der Waals surface area contributed by atoms with Crippen molar-refractivity contribution in [3.63, 3.8) is 0 Å². The summed E-state index contributed by atoms with van der Waals surface area (Å²) < 4.78 is 0. The van der Waals surface area contributed by atoms with E-state index < -0.39 is 59.8 Å². The van der Waals surface area contributed by atoms with Crippen molar-refractivity contribution in [1.29, 1.82) is 0 Å². The van der Waals surface area contributed by atoms with Crippen molar-refractivity contribution in [2.24, 2.45) is 44.4 Å². The number of amides is 4. The molecule has 0 spiro atoms. The first-order valence-electron chi connectivity index (χ1n) is 13.7. The molecule has 0 aliphatic rings. The van der Waals surface area contributed by atoms with Gasteiger partial charge in [0.1, 0.15) is 24.2 Å². The van der Waals surface area contributed by atoms with E-state index in [1.807, 2.05) is 0 Å². The molecular weight excluding hydrogens is 552 g/mol. The van der Waals surface area contributed by atoms with E-state index in [-0.39, 0.29) is 37.7 Å². The van der Waals surface area contributed by atoms with E-state index in [4.69, 9.17) is 34.4 Å². The van der Waals surface area contributed by atoms with Gasteiger partial charge in [-0.25, -0.2) is 4.79 Å². The van der Waals surface area contributed by atoms with Crippen LogP contribution < -0.4 is 55.7 Å². The topological polar surface area (TPSA) is 335 Å². The Bertz CT molecular complexity index is 952. The van der Waals surface area contributed by atoms with E-state index in [1.54, 1.807) is 0 Å². The summed E-state index contributed by atoms with van der Waals surface area (Å²) in [4.78, 5) is 70.0. The van der Waals surface area contributed by atoms with E-state index in [1.165, 1.54) is 13.8 Å². The van der Waals surface area contributed by atoms with Crippen LogP contribution >= 0.6 is 0 Å². The van der Waals surface area contributed by atoms with Crippen LogP contribution in [0, 0.1) is 0 Å². The number of carboxylic acid groups (broad SMARTS) is 1. The number of aliphatic carboxylic acids is 1. The number of carbonyl (C=O) groups excluding carboxylic acids is 4. The third-order valence-electron chi connectivity index (χ3n) is 5.95. The molecule has 4 amide bonds. The summed E-state index contributed by atoms with van der Waals surface area (Å²) >= 11 is 0. The number of aliphatic imine (C=N–C) groups is 2. The van der Waals surface area contributed by atoms with Crippen LogP contribution in [0.3, 0.4) is 0 Å². The smallest absolute Gasteiger partial charge is 0.326 e. The number of nitrogens with one attached hydrogen (secondary N) is 4. The first-order valence-corrected chi connectivity index (χ1v) is 13.7. The summed E-state index contributed by atoms with van der Waals surface area (Å²) in [5.74, 6) is -4.08. The van der Waals surface area contributed by atoms with Gasteiger partial charge in [-0.15, -0.1) is 0 Å². The molecule has 0 saturated carbocycles. The van der Waals surface area contributed by atoms with Crippen LogP contribution in [0.25, 0.3) is 0 Å². The van der Waals surface area contributed by atoms with Gasteiger partial charge in [-0.3, -0.25) is 29.2 Å². The Morgan fingerprint density at radius 3 is 1.57 bits per heavy atom. The van der Waals surface area contributed by atoms with E-state index in [2.05, 4.69) is 31.3 Å². The molecule has 0 saturated heterocycles. The summed E-state index contributed by atoms with van der Waals surface area (Å²) in [6.07, 6.45) is 2.36. The van der Waals surface area contributed by atoms with Crippen LogP contribution in [0.5, 0.6) is 0 Å². The zero-order chi connectivity index (χ0) is 32.2. The molecule has 0 fully saturated rings. The molecule has 0 heterocycles. The van der Waals surface area contributed by atoms with Gasteiger partial charge in [0.05, 0.1) is 6.04 Å². The monoisotopic (exact) mass is 600 g/mol. The Morgan fingerprint density at radius 1 is 0.643 bits per heavy atom. The molecule has 0 aromatic rings. The molecule has 5 atom stereocenters. The third kappa shape index (κ3) is 16.8. The molecule has 0 unspecified atom stereocenters. The van der Waals surface area contributed by atoms with Crippen LogP contribution in [0.1, 0.15) is 58.8 Å². The Kier molecular flexibility index (Phi) is 18.6. The van der Waals surface area contributed by atoms with Crippen molar-refractivity contribution in [3.8, 4) is 0 Å². The zero-order valence-electron chi connectivity index (χ0n) is 24.3. The van der Waals surface area contributed by atoms with Gasteiger partial charge in [0.25, 0.3) is 0 Å². The van der Waals surface area contributed by atoms with Crippen LogP contribution in [-0.2, 0) is 24.0 Å². The SMILES string of the molecule is C[C@H](NC(=O)[C@H](CCCCN)NC(=O)[C@H](C)NC(=O)[C@@H](N)CCCN=C(N)N)C(=O)N[C@@H](CCCN=C(N)N)C(=O)O. The molecule has 17 N–H and O–H groups in total. The normalized spacial score (nSPS) is 14.2. The predicted octanol–water partition coefficient (Wildman–Crippen LogP) is -4.39. The Labute approximate surface area is 245 Å². The van der Waals surface area contributed by atoms with Gasteiger partial charge >= 0.3 is 5.97 Å². The van der Waals surface area contributed by atoms with Crippen LogP contribution in [-0.4, -0.2) is 96.5 Å². The number of carbonyl (C=O) groups is 5. The lowest BCUT2D eigenvalue weighted by atomic mass is 10.1. The van der Waals surface area contributed by atoms with Crippen molar-refractivity contribution in [2.45, 2.75) is 89.0 Å². The fourth-order valence-electron chi connectivity index (χ4n) is 3.53. The number of rotatable bonds is 21. The number of hydrogen-bond acceptors (Lipinski definition) is 9. The molecule has 18 nitrogen and oxygen atoms in total. The highest BCUT2D eigenvalue weighted by Gasteiger charge is 2.28. The van der Waals surface area contributed by atoms with Gasteiger partial charge in [-0.05, 0) is 65.3 Å². The standard InChI is InChI=1S/C24H48N12O6/c1-13(33-20(39)15(26)7-5-11-31-23(27)28)18(37)35-16(8-3-4-10-25)21(40)34-14(2)19(38)36-17(22(41)42)9-6-12-32-24(29)30/h13-17H,3-12,25-26H2,1-2H3,(H,33,39)(H,34,40)(H,35,37)(H,36,38)(H,41,42)(H4,27,28,31)(H4,29,30,32)/t13-,14-,15-,16-,17-/m0/s1. The van der Waals surface area contributed by atoms with Crippen molar-refractivity contribution in [3.05, 3.63) is 0 Å². The van der Waals surface area contributed by atoms with E-state index in [9.17, 15) is 29.1 Å². The Balaban J connectivity index is 5.13. The van der Waals surface area contributed by atoms with Gasteiger partial charge in [0, 0.05) is 13.1 Å². The Morgan fingerprint density at radius 2 is 1.10 bits per heavy atom. The van der Waals surface area contributed by atoms with Gasteiger partial charge in [-0.1, -0.05) is 0 Å². The Hall–Kier alpha value is -4.19. The molecule has 0 bridgehead atoms. The fourth-order valence-corrected chi connectivity index (χ4v) is 3.53. The second-order valence-electron chi connectivity index (χ2n) is 9.71. The second kappa shape index (κ2) is 20.7. The number of nitrogens with two attached hydrogens (primary N) is 6. The largest absolute Gasteiger partial charge is 0.480 e. The molecule has 0 aliphatic heterocycles. The molecule has 0 aromatic carbocycles. The van der Waals surface area contributed by atoms with E-state index in [0.717, 1.165) is 0 Å².